The quantitative estimate of drug-likeness (QED) is 0.763. The summed E-state index contributed by atoms with van der Waals surface area (Å²) in [4.78, 5) is 6.91. The number of nitrogens with zero attached hydrogens (tertiary/aromatic N) is 2. The smallest absolute Gasteiger partial charge is 0.196 e. The molecular formula is C15H17N3S. The molecule has 2 N–H and O–H groups in total. The van der Waals surface area contributed by atoms with Crippen molar-refractivity contribution >= 4 is 22.1 Å². The molecule has 0 bridgehead atoms. The van der Waals surface area contributed by atoms with Gasteiger partial charge in [-0.2, -0.15) is 0 Å². The van der Waals surface area contributed by atoms with Gasteiger partial charge in [-0.3, -0.25) is 4.40 Å². The van der Waals surface area contributed by atoms with Crippen molar-refractivity contribution in [1.29, 1.82) is 0 Å². The van der Waals surface area contributed by atoms with Crippen molar-refractivity contribution < 1.29 is 0 Å². The molecule has 0 amide bonds. The summed E-state index contributed by atoms with van der Waals surface area (Å²) in [6, 6.07) is 10.4. The number of aromatic nitrogens is 2. The molecule has 2 heterocycles. The molecule has 98 valence electrons. The molecule has 4 heteroatoms. The van der Waals surface area contributed by atoms with Crippen LogP contribution in [0.5, 0.6) is 0 Å². The summed E-state index contributed by atoms with van der Waals surface area (Å²) in [5, 5.41) is 0. The van der Waals surface area contributed by atoms with Gasteiger partial charge in [0.1, 0.15) is 5.82 Å². The van der Waals surface area contributed by atoms with Crippen molar-refractivity contribution in [1.82, 2.24) is 9.38 Å². The highest BCUT2D eigenvalue weighted by Gasteiger charge is 2.19. The Bertz CT molecular complexity index is 723. The highest BCUT2D eigenvalue weighted by Crippen LogP contribution is 2.35. The van der Waals surface area contributed by atoms with Gasteiger partial charge < -0.3 is 5.73 Å². The van der Waals surface area contributed by atoms with Gasteiger partial charge in [-0.1, -0.05) is 44.2 Å². The Morgan fingerprint density at radius 2 is 1.89 bits per heavy atom. The third kappa shape index (κ3) is 1.83. The molecule has 0 saturated heterocycles. The molecule has 0 aliphatic heterocycles. The highest BCUT2D eigenvalue weighted by atomic mass is 32.1. The summed E-state index contributed by atoms with van der Waals surface area (Å²) in [5.41, 5.74) is 9.64. The lowest BCUT2D eigenvalue weighted by atomic mass is 10.1. The van der Waals surface area contributed by atoms with Crippen LogP contribution in [0.25, 0.3) is 16.2 Å². The van der Waals surface area contributed by atoms with Crippen LogP contribution in [0.4, 0.5) is 5.82 Å². The topological polar surface area (TPSA) is 43.3 Å². The van der Waals surface area contributed by atoms with E-state index in [1.54, 1.807) is 11.3 Å². The molecule has 0 aliphatic carbocycles. The van der Waals surface area contributed by atoms with E-state index in [4.69, 9.17) is 5.73 Å². The van der Waals surface area contributed by atoms with Gasteiger partial charge >= 0.3 is 0 Å². The van der Waals surface area contributed by atoms with Crippen molar-refractivity contribution in [2.75, 3.05) is 5.73 Å². The number of rotatable bonds is 2. The normalized spacial score (nSPS) is 11.6. The van der Waals surface area contributed by atoms with E-state index in [9.17, 15) is 0 Å². The van der Waals surface area contributed by atoms with E-state index in [1.807, 2.05) is 6.07 Å². The van der Waals surface area contributed by atoms with Gasteiger partial charge in [-0.25, -0.2) is 4.98 Å². The second kappa shape index (κ2) is 4.38. The molecule has 19 heavy (non-hydrogen) atoms. The molecule has 3 nitrogen and oxygen atoms in total. The maximum atomic E-state index is 6.30. The number of anilines is 1. The molecule has 0 spiro atoms. The fourth-order valence-electron chi connectivity index (χ4n) is 2.41. The monoisotopic (exact) mass is 271 g/mol. The van der Waals surface area contributed by atoms with E-state index in [1.165, 1.54) is 10.4 Å². The van der Waals surface area contributed by atoms with E-state index in [0.29, 0.717) is 5.92 Å². The van der Waals surface area contributed by atoms with Crippen molar-refractivity contribution in [3.05, 3.63) is 40.9 Å². The molecule has 0 radical (unpaired) electrons. The summed E-state index contributed by atoms with van der Waals surface area (Å²) in [6.45, 7) is 6.37. The third-order valence-electron chi connectivity index (χ3n) is 3.31. The van der Waals surface area contributed by atoms with Gasteiger partial charge in [0.05, 0.1) is 11.4 Å². The van der Waals surface area contributed by atoms with Crippen LogP contribution >= 0.6 is 11.3 Å². The fourth-order valence-corrected chi connectivity index (χ4v) is 3.41. The minimum Gasteiger partial charge on any atom is -0.383 e. The largest absolute Gasteiger partial charge is 0.383 e. The molecule has 0 unspecified atom stereocenters. The average molecular weight is 271 g/mol. The molecule has 0 aliphatic rings. The zero-order valence-electron chi connectivity index (χ0n) is 11.3. The summed E-state index contributed by atoms with van der Waals surface area (Å²) in [5.74, 6) is 1.12. The Morgan fingerprint density at radius 1 is 1.21 bits per heavy atom. The molecular weight excluding hydrogens is 254 g/mol. The Kier molecular flexibility index (Phi) is 2.82. The summed E-state index contributed by atoms with van der Waals surface area (Å²) in [6.07, 6.45) is 0. The van der Waals surface area contributed by atoms with Crippen LogP contribution in [0.1, 0.15) is 30.3 Å². The Morgan fingerprint density at radius 3 is 2.53 bits per heavy atom. The van der Waals surface area contributed by atoms with Crippen molar-refractivity contribution in [2.45, 2.75) is 26.7 Å². The maximum absolute atomic E-state index is 6.30. The van der Waals surface area contributed by atoms with Gasteiger partial charge in [0.15, 0.2) is 4.96 Å². The lowest BCUT2D eigenvalue weighted by Crippen LogP contribution is -1.99. The number of thiazole rings is 1. The standard InChI is InChI=1S/C15H17N3S/c1-9(2)12-14(16)18-13(10(3)19-15(18)17-12)11-7-5-4-6-8-11/h4-9H,16H2,1-3H3. The number of fused-ring (bicyclic) bond motifs is 1. The van der Waals surface area contributed by atoms with E-state index in [2.05, 4.69) is 54.4 Å². The van der Waals surface area contributed by atoms with Gasteiger partial charge in [-0.15, -0.1) is 11.3 Å². The minimum atomic E-state index is 0.344. The summed E-state index contributed by atoms with van der Waals surface area (Å²) < 4.78 is 2.09. The third-order valence-corrected chi connectivity index (χ3v) is 4.26. The van der Waals surface area contributed by atoms with Crippen molar-refractivity contribution in [3.63, 3.8) is 0 Å². The zero-order chi connectivity index (χ0) is 13.6. The molecule has 1 aromatic carbocycles. The van der Waals surface area contributed by atoms with Crippen LogP contribution in [0, 0.1) is 6.92 Å². The second-order valence-electron chi connectivity index (χ2n) is 5.03. The highest BCUT2D eigenvalue weighted by molar-refractivity contribution is 7.17. The Labute approximate surface area is 116 Å². The van der Waals surface area contributed by atoms with Crippen LogP contribution in [0.2, 0.25) is 0 Å². The van der Waals surface area contributed by atoms with Gasteiger partial charge in [0, 0.05) is 4.88 Å². The lowest BCUT2D eigenvalue weighted by Gasteiger charge is -2.05. The van der Waals surface area contributed by atoms with Gasteiger partial charge in [0.25, 0.3) is 0 Å². The summed E-state index contributed by atoms with van der Waals surface area (Å²) in [7, 11) is 0. The number of aryl methyl sites for hydroxylation is 1. The summed E-state index contributed by atoms with van der Waals surface area (Å²) >= 11 is 1.70. The first-order valence-corrected chi connectivity index (χ1v) is 7.24. The van der Waals surface area contributed by atoms with Crippen LogP contribution in [-0.2, 0) is 0 Å². The first-order valence-electron chi connectivity index (χ1n) is 6.42. The molecule has 3 rings (SSSR count). The first-order chi connectivity index (χ1) is 9.09. The SMILES string of the molecule is Cc1sc2nc(C(C)C)c(N)n2c1-c1ccccc1. The molecule has 0 saturated carbocycles. The zero-order valence-corrected chi connectivity index (χ0v) is 12.2. The van der Waals surface area contributed by atoms with Crippen LogP contribution in [0.15, 0.2) is 30.3 Å². The van der Waals surface area contributed by atoms with Crippen molar-refractivity contribution in [3.8, 4) is 11.3 Å². The number of imidazole rings is 1. The minimum absolute atomic E-state index is 0.344. The van der Waals surface area contributed by atoms with Crippen LogP contribution in [-0.4, -0.2) is 9.38 Å². The van der Waals surface area contributed by atoms with E-state index >= 15 is 0 Å². The first kappa shape index (κ1) is 12.2. The number of hydrogen-bond donors (Lipinski definition) is 1. The van der Waals surface area contributed by atoms with Gasteiger partial charge in [0.2, 0.25) is 0 Å². The maximum Gasteiger partial charge on any atom is 0.196 e. The lowest BCUT2D eigenvalue weighted by molar-refractivity contribution is 0.838. The predicted molar refractivity (Wildman–Crippen MR) is 81.7 cm³/mol. The van der Waals surface area contributed by atoms with E-state index in [-0.39, 0.29) is 0 Å². The molecule has 0 atom stereocenters. The number of nitrogen functional groups attached to an aromatic ring is 1. The van der Waals surface area contributed by atoms with E-state index in [0.717, 1.165) is 22.2 Å². The Balaban J connectivity index is 2.33. The van der Waals surface area contributed by atoms with Gasteiger partial charge in [-0.05, 0) is 18.4 Å². The Hall–Kier alpha value is -1.81. The average Bonchev–Trinajstić information content (AvgIpc) is 2.87. The van der Waals surface area contributed by atoms with Crippen LogP contribution in [0.3, 0.4) is 0 Å². The number of nitrogens with two attached hydrogens (primary N) is 1. The molecule has 3 aromatic rings. The van der Waals surface area contributed by atoms with E-state index < -0.39 is 0 Å². The second-order valence-corrected chi connectivity index (χ2v) is 6.21. The molecule has 0 fully saturated rings. The predicted octanol–water partition coefficient (Wildman–Crippen LogP) is 4.08. The van der Waals surface area contributed by atoms with Crippen LogP contribution < -0.4 is 5.73 Å². The number of hydrogen-bond acceptors (Lipinski definition) is 3. The fraction of sp³-hybridized carbons (Fsp3) is 0.267. The van der Waals surface area contributed by atoms with Crippen molar-refractivity contribution in [2.24, 2.45) is 0 Å². The number of benzene rings is 1. The molecule has 2 aromatic heterocycles.